The minimum Gasteiger partial charge on any atom is -0.508 e. The molecule has 0 atom stereocenters. The van der Waals surface area contributed by atoms with Crippen molar-refractivity contribution in [2.24, 2.45) is 0 Å². The molecule has 1 heterocycles. The molecule has 0 aliphatic carbocycles. The van der Waals surface area contributed by atoms with Gasteiger partial charge in [-0.25, -0.2) is 4.98 Å². The van der Waals surface area contributed by atoms with Gasteiger partial charge in [0, 0.05) is 23.6 Å². The number of nitrogens with one attached hydrogen (secondary N) is 1. The van der Waals surface area contributed by atoms with E-state index in [1.807, 2.05) is 30.3 Å². The molecule has 24 heavy (non-hydrogen) atoms. The van der Waals surface area contributed by atoms with E-state index in [1.54, 1.807) is 11.4 Å². The highest BCUT2D eigenvalue weighted by Crippen LogP contribution is 2.32. The van der Waals surface area contributed by atoms with Crippen LogP contribution in [0.5, 0.6) is 11.5 Å². The van der Waals surface area contributed by atoms with Gasteiger partial charge in [-0.15, -0.1) is 11.3 Å². The van der Waals surface area contributed by atoms with Crippen LogP contribution in [0.2, 0.25) is 0 Å². The fourth-order valence-corrected chi connectivity index (χ4v) is 3.04. The summed E-state index contributed by atoms with van der Waals surface area (Å²) in [4.78, 5) is 16.4. The van der Waals surface area contributed by atoms with Crippen LogP contribution in [0.1, 0.15) is 10.6 Å². The smallest absolute Gasteiger partial charge is 0.227 e. The highest BCUT2D eigenvalue weighted by atomic mass is 32.1. The molecule has 1 aromatic heterocycles. The number of phenolic OH excluding ortho intramolecular Hbond substituents is 2. The Hall–Kier alpha value is -2.86. The number of hydrogen-bond acceptors (Lipinski definition) is 5. The molecule has 122 valence electrons. The second kappa shape index (κ2) is 7.14. The molecule has 0 bridgehead atoms. The van der Waals surface area contributed by atoms with Crippen LogP contribution in [-0.2, 0) is 17.8 Å². The van der Waals surface area contributed by atoms with Gasteiger partial charge < -0.3 is 15.5 Å². The van der Waals surface area contributed by atoms with Crippen molar-refractivity contribution in [2.75, 3.05) is 0 Å². The molecule has 2 aromatic carbocycles. The first-order chi connectivity index (χ1) is 11.6. The van der Waals surface area contributed by atoms with Crippen molar-refractivity contribution in [2.45, 2.75) is 13.0 Å². The summed E-state index contributed by atoms with van der Waals surface area (Å²) in [6, 6.07) is 14.0. The van der Waals surface area contributed by atoms with E-state index in [0.29, 0.717) is 22.8 Å². The quantitative estimate of drug-likeness (QED) is 0.666. The minimum absolute atomic E-state index is 0.00741. The number of nitrogens with zero attached hydrogens (tertiary/aromatic N) is 1. The standard InChI is InChI=1S/C18H16N2O3S/c21-13-6-7-14(16(22)8-13)15-11-24-18(20-15)9-17(23)19-10-12-4-2-1-3-5-12/h1-8,11,21-22H,9-10H2,(H,19,23). The van der Waals surface area contributed by atoms with E-state index in [1.165, 1.54) is 23.5 Å². The summed E-state index contributed by atoms with van der Waals surface area (Å²) in [6.45, 7) is 0.483. The van der Waals surface area contributed by atoms with E-state index < -0.39 is 0 Å². The topological polar surface area (TPSA) is 82.5 Å². The molecule has 3 rings (SSSR count). The molecule has 0 unspecified atom stereocenters. The van der Waals surface area contributed by atoms with Crippen molar-refractivity contribution >= 4 is 17.2 Å². The van der Waals surface area contributed by atoms with Gasteiger partial charge in [0.2, 0.25) is 5.91 Å². The van der Waals surface area contributed by atoms with Crippen molar-refractivity contribution in [3.63, 3.8) is 0 Å². The van der Waals surface area contributed by atoms with E-state index >= 15 is 0 Å². The van der Waals surface area contributed by atoms with Crippen LogP contribution in [0.25, 0.3) is 11.3 Å². The van der Waals surface area contributed by atoms with Gasteiger partial charge in [-0.1, -0.05) is 30.3 Å². The Kier molecular flexibility index (Phi) is 4.77. The molecule has 0 spiro atoms. The minimum atomic E-state index is -0.102. The summed E-state index contributed by atoms with van der Waals surface area (Å²) in [6.07, 6.45) is 0.191. The third-order valence-corrected chi connectivity index (χ3v) is 4.30. The Morgan fingerprint density at radius 1 is 1.12 bits per heavy atom. The lowest BCUT2D eigenvalue weighted by molar-refractivity contribution is -0.120. The lowest BCUT2D eigenvalue weighted by Crippen LogP contribution is -2.24. The molecule has 0 fully saturated rings. The number of phenols is 2. The fourth-order valence-electron chi connectivity index (χ4n) is 2.25. The van der Waals surface area contributed by atoms with Crippen LogP contribution in [0, 0.1) is 0 Å². The average Bonchev–Trinajstić information content (AvgIpc) is 3.02. The molecular weight excluding hydrogens is 324 g/mol. The Labute approximate surface area is 143 Å². The van der Waals surface area contributed by atoms with Crippen LogP contribution in [0.15, 0.2) is 53.9 Å². The third-order valence-electron chi connectivity index (χ3n) is 3.45. The largest absolute Gasteiger partial charge is 0.508 e. The van der Waals surface area contributed by atoms with Gasteiger partial charge in [0.05, 0.1) is 12.1 Å². The lowest BCUT2D eigenvalue weighted by Gasteiger charge is -2.04. The van der Waals surface area contributed by atoms with Crippen molar-refractivity contribution in [3.05, 3.63) is 64.5 Å². The van der Waals surface area contributed by atoms with Gasteiger partial charge in [0.25, 0.3) is 0 Å². The number of amides is 1. The molecule has 0 aliphatic rings. The maximum atomic E-state index is 12.0. The van der Waals surface area contributed by atoms with Gasteiger partial charge >= 0.3 is 0 Å². The van der Waals surface area contributed by atoms with Crippen molar-refractivity contribution in [3.8, 4) is 22.8 Å². The molecule has 0 saturated carbocycles. The molecule has 0 saturated heterocycles. The number of aromatic hydroxyl groups is 2. The predicted octanol–water partition coefficient (Wildman–Crippen LogP) is 3.08. The second-order valence-corrected chi connectivity index (χ2v) is 6.21. The van der Waals surface area contributed by atoms with Crippen LogP contribution < -0.4 is 5.32 Å². The Morgan fingerprint density at radius 3 is 2.67 bits per heavy atom. The number of thiazole rings is 1. The third kappa shape index (κ3) is 3.91. The highest BCUT2D eigenvalue weighted by molar-refractivity contribution is 7.10. The van der Waals surface area contributed by atoms with E-state index in [0.717, 1.165) is 5.56 Å². The lowest BCUT2D eigenvalue weighted by atomic mass is 10.1. The van der Waals surface area contributed by atoms with Gasteiger partial charge in [-0.2, -0.15) is 0 Å². The molecule has 0 aliphatic heterocycles. The SMILES string of the molecule is O=C(Cc1nc(-c2ccc(O)cc2O)cs1)NCc1ccccc1. The van der Waals surface area contributed by atoms with Crippen molar-refractivity contribution in [1.29, 1.82) is 0 Å². The summed E-state index contributed by atoms with van der Waals surface area (Å²) in [5.41, 5.74) is 2.16. The van der Waals surface area contributed by atoms with Crippen molar-refractivity contribution in [1.82, 2.24) is 10.3 Å². The number of benzene rings is 2. The Bertz CT molecular complexity index is 846. The number of aromatic nitrogens is 1. The van der Waals surface area contributed by atoms with Crippen molar-refractivity contribution < 1.29 is 15.0 Å². The summed E-state index contributed by atoms with van der Waals surface area (Å²) >= 11 is 1.36. The summed E-state index contributed by atoms with van der Waals surface area (Å²) in [7, 11) is 0. The number of hydrogen-bond donors (Lipinski definition) is 3. The second-order valence-electron chi connectivity index (χ2n) is 5.27. The van der Waals surface area contributed by atoms with E-state index in [9.17, 15) is 15.0 Å². The molecular formula is C18H16N2O3S. The number of rotatable bonds is 5. The maximum Gasteiger partial charge on any atom is 0.227 e. The first-order valence-electron chi connectivity index (χ1n) is 7.39. The van der Waals surface area contributed by atoms with Crippen LogP contribution in [-0.4, -0.2) is 21.1 Å². The van der Waals surface area contributed by atoms with Crippen LogP contribution >= 0.6 is 11.3 Å². The summed E-state index contributed by atoms with van der Waals surface area (Å²) < 4.78 is 0. The summed E-state index contributed by atoms with van der Waals surface area (Å²) in [5.74, 6) is -0.151. The van der Waals surface area contributed by atoms with E-state index in [-0.39, 0.29) is 23.8 Å². The molecule has 0 radical (unpaired) electrons. The zero-order valence-electron chi connectivity index (χ0n) is 12.8. The summed E-state index contributed by atoms with van der Waals surface area (Å²) in [5, 5.41) is 24.5. The average molecular weight is 340 g/mol. The monoisotopic (exact) mass is 340 g/mol. The molecule has 6 heteroatoms. The zero-order chi connectivity index (χ0) is 16.9. The molecule has 1 amide bonds. The predicted molar refractivity (Wildman–Crippen MR) is 92.9 cm³/mol. The van der Waals surface area contributed by atoms with Crippen LogP contribution in [0.4, 0.5) is 0 Å². The first-order valence-corrected chi connectivity index (χ1v) is 8.27. The van der Waals surface area contributed by atoms with E-state index in [4.69, 9.17) is 0 Å². The van der Waals surface area contributed by atoms with Gasteiger partial charge in [0.1, 0.15) is 16.5 Å². The normalized spacial score (nSPS) is 10.5. The molecule has 3 aromatic rings. The fraction of sp³-hybridized carbons (Fsp3) is 0.111. The first kappa shape index (κ1) is 16.0. The van der Waals surface area contributed by atoms with Gasteiger partial charge in [0.15, 0.2) is 0 Å². The van der Waals surface area contributed by atoms with E-state index in [2.05, 4.69) is 10.3 Å². The molecule has 3 N–H and O–H groups in total. The zero-order valence-corrected chi connectivity index (χ0v) is 13.6. The Morgan fingerprint density at radius 2 is 1.92 bits per heavy atom. The highest BCUT2D eigenvalue weighted by Gasteiger charge is 2.12. The maximum absolute atomic E-state index is 12.0. The van der Waals surface area contributed by atoms with Gasteiger partial charge in [-0.3, -0.25) is 4.79 Å². The molecule has 5 nitrogen and oxygen atoms in total. The van der Waals surface area contributed by atoms with Gasteiger partial charge in [-0.05, 0) is 17.7 Å². The van der Waals surface area contributed by atoms with Crippen LogP contribution in [0.3, 0.4) is 0 Å². The Balaban J connectivity index is 1.62. The number of carbonyl (C=O) groups is 1. The number of carbonyl (C=O) groups excluding carboxylic acids is 1.